The van der Waals surface area contributed by atoms with E-state index in [1.807, 2.05) is 12.2 Å². The molecule has 42 valence electrons. The van der Waals surface area contributed by atoms with Crippen LogP contribution in [0.3, 0.4) is 0 Å². The van der Waals surface area contributed by atoms with E-state index < -0.39 is 0 Å². The molecule has 0 fully saturated rings. The third-order valence-electron chi connectivity index (χ3n) is 0.371. The fourth-order valence-electron chi connectivity index (χ4n) is 0.154. The van der Waals surface area contributed by atoms with Gasteiger partial charge in [0.05, 0.1) is 0 Å². The average molecular weight is 251 g/mol. The maximum atomic E-state index is 5.50. The van der Waals surface area contributed by atoms with Crippen molar-refractivity contribution in [1.82, 2.24) is 0 Å². The van der Waals surface area contributed by atoms with E-state index in [2.05, 4.69) is 22.6 Å². The van der Waals surface area contributed by atoms with Crippen molar-refractivity contribution in [3.63, 3.8) is 0 Å². The molecule has 0 radical (unpaired) electrons. The first kappa shape index (κ1) is 8.05. The molecule has 0 nitrogen and oxygen atoms in total. The Morgan fingerprint density at radius 1 is 1.71 bits per heavy atom. The zero-order chi connectivity index (χ0) is 5.70. The topological polar surface area (TPSA) is 0 Å². The van der Waals surface area contributed by atoms with E-state index in [0.717, 1.165) is 0 Å². The normalized spacial score (nSPS) is 15.3. The lowest BCUT2D eigenvalue weighted by Gasteiger charge is -1.83. The van der Waals surface area contributed by atoms with E-state index in [0.29, 0.717) is 5.88 Å². The van der Waals surface area contributed by atoms with Crippen LogP contribution in [-0.4, -0.2) is 9.26 Å². The van der Waals surface area contributed by atoms with Crippen LogP contribution in [0.15, 0.2) is 12.2 Å². The number of rotatable bonds is 2. The van der Waals surface area contributed by atoms with Crippen LogP contribution < -0.4 is 0 Å². The molecule has 0 aromatic carbocycles. The first-order chi connectivity index (χ1) is 3.27. The van der Waals surface area contributed by atoms with E-state index in [1.54, 1.807) is 0 Å². The van der Waals surface area contributed by atoms with Crippen LogP contribution in [0.4, 0.5) is 0 Å². The van der Waals surface area contributed by atoms with Crippen molar-refractivity contribution in [2.24, 2.45) is 0 Å². The van der Waals surface area contributed by atoms with Crippen LogP contribution in [-0.2, 0) is 0 Å². The highest BCUT2D eigenvalue weighted by Gasteiger charge is 1.84. The zero-order valence-corrected chi connectivity index (χ0v) is 7.24. The van der Waals surface area contributed by atoms with Crippen LogP contribution in [0.1, 0.15) is 0 Å². The Labute approximate surface area is 67.0 Å². The van der Waals surface area contributed by atoms with Crippen molar-refractivity contribution in [1.29, 1.82) is 0 Å². The van der Waals surface area contributed by atoms with Crippen molar-refractivity contribution in [2.45, 2.75) is 3.38 Å². The quantitative estimate of drug-likeness (QED) is 0.402. The molecule has 0 saturated carbocycles. The van der Waals surface area contributed by atoms with Crippen molar-refractivity contribution < 1.29 is 0 Å². The molecule has 7 heavy (non-hydrogen) atoms. The molecule has 0 rings (SSSR count). The molecule has 1 unspecified atom stereocenters. The number of hydrogen-bond donors (Lipinski definition) is 0. The minimum absolute atomic E-state index is 0.0800. The largest absolute Gasteiger partial charge is 0.122 e. The van der Waals surface area contributed by atoms with Gasteiger partial charge in [-0.1, -0.05) is 34.7 Å². The summed E-state index contributed by atoms with van der Waals surface area (Å²) in [6, 6.07) is 0. The van der Waals surface area contributed by atoms with E-state index in [9.17, 15) is 0 Å². The van der Waals surface area contributed by atoms with Gasteiger partial charge in [0.1, 0.15) is 3.38 Å². The lowest BCUT2D eigenvalue weighted by molar-refractivity contribution is 1.62. The molecule has 0 spiro atoms. The molecule has 0 aromatic heterocycles. The molecule has 0 heterocycles. The summed E-state index contributed by atoms with van der Waals surface area (Å²) in [5, 5.41) is 0. The van der Waals surface area contributed by atoms with Crippen molar-refractivity contribution >= 4 is 45.8 Å². The number of halogens is 3. The molecular weight excluding hydrogens is 246 g/mol. The van der Waals surface area contributed by atoms with Gasteiger partial charge in [-0.25, -0.2) is 0 Å². The summed E-state index contributed by atoms with van der Waals surface area (Å²) in [7, 11) is 0. The first-order valence-corrected chi connectivity index (χ1v) is 4.00. The number of alkyl halides is 3. The second-order valence-electron chi connectivity index (χ2n) is 0.917. The second kappa shape index (κ2) is 5.19. The lowest BCUT2D eigenvalue weighted by atomic mass is 10.6. The van der Waals surface area contributed by atoms with Crippen LogP contribution >= 0.6 is 45.8 Å². The lowest BCUT2D eigenvalue weighted by Crippen LogP contribution is -1.73. The SMILES string of the molecule is ClC/C=C\C(Cl)I. The third kappa shape index (κ3) is 7.05. The minimum Gasteiger partial charge on any atom is -0.122 e. The Hall–Kier alpha value is 1.05. The van der Waals surface area contributed by atoms with Gasteiger partial charge in [0, 0.05) is 5.88 Å². The summed E-state index contributed by atoms with van der Waals surface area (Å²) in [5.74, 6) is 0.548. The Morgan fingerprint density at radius 2 is 2.29 bits per heavy atom. The van der Waals surface area contributed by atoms with Gasteiger partial charge < -0.3 is 0 Å². The molecule has 0 bridgehead atoms. The molecular formula is C4H5Cl2I. The van der Waals surface area contributed by atoms with Gasteiger partial charge in [-0.15, -0.1) is 23.2 Å². The third-order valence-corrected chi connectivity index (χ3v) is 1.11. The predicted octanol–water partition coefficient (Wildman–Crippen LogP) is 2.78. The summed E-state index contributed by atoms with van der Waals surface area (Å²) in [6.07, 6.45) is 3.67. The van der Waals surface area contributed by atoms with E-state index in [1.165, 1.54) is 0 Å². The molecule has 0 N–H and O–H groups in total. The maximum absolute atomic E-state index is 5.50. The van der Waals surface area contributed by atoms with Crippen molar-refractivity contribution in [3.05, 3.63) is 12.2 Å². The molecule has 0 aliphatic rings. The molecule has 3 heteroatoms. The van der Waals surface area contributed by atoms with Gasteiger partial charge in [-0.05, 0) is 0 Å². The summed E-state index contributed by atoms with van der Waals surface area (Å²) in [4.78, 5) is 0. The zero-order valence-electron chi connectivity index (χ0n) is 3.57. The highest BCUT2D eigenvalue weighted by atomic mass is 127. The Bertz CT molecular complexity index is 60.7. The van der Waals surface area contributed by atoms with Crippen LogP contribution in [0, 0.1) is 0 Å². The van der Waals surface area contributed by atoms with Gasteiger partial charge in [-0.3, -0.25) is 0 Å². The van der Waals surface area contributed by atoms with Crippen LogP contribution in [0.25, 0.3) is 0 Å². The fraction of sp³-hybridized carbons (Fsp3) is 0.500. The highest BCUT2D eigenvalue weighted by molar-refractivity contribution is 14.1. The van der Waals surface area contributed by atoms with Gasteiger partial charge in [0.15, 0.2) is 0 Å². The van der Waals surface area contributed by atoms with Crippen molar-refractivity contribution in [2.75, 3.05) is 5.88 Å². The first-order valence-electron chi connectivity index (χ1n) is 1.78. The highest BCUT2D eigenvalue weighted by Crippen LogP contribution is 2.06. The maximum Gasteiger partial charge on any atom is 0.103 e. The van der Waals surface area contributed by atoms with E-state index in [4.69, 9.17) is 23.2 Å². The van der Waals surface area contributed by atoms with Crippen LogP contribution in [0.5, 0.6) is 0 Å². The smallest absolute Gasteiger partial charge is 0.103 e. The number of hydrogen-bond acceptors (Lipinski definition) is 0. The van der Waals surface area contributed by atoms with Gasteiger partial charge in [-0.2, -0.15) is 0 Å². The summed E-state index contributed by atoms with van der Waals surface area (Å²) < 4.78 is 0.0800. The molecule has 1 atom stereocenters. The Morgan fingerprint density at radius 3 is 2.43 bits per heavy atom. The van der Waals surface area contributed by atoms with Crippen LogP contribution in [0.2, 0.25) is 0 Å². The Kier molecular flexibility index (Phi) is 5.97. The van der Waals surface area contributed by atoms with Gasteiger partial charge >= 0.3 is 0 Å². The van der Waals surface area contributed by atoms with E-state index >= 15 is 0 Å². The predicted molar refractivity (Wildman–Crippen MR) is 43.5 cm³/mol. The molecule has 0 aliphatic carbocycles. The summed E-state index contributed by atoms with van der Waals surface area (Å²) in [5.41, 5.74) is 0. The van der Waals surface area contributed by atoms with Gasteiger partial charge in [0.25, 0.3) is 0 Å². The second-order valence-corrected chi connectivity index (χ2v) is 3.77. The monoisotopic (exact) mass is 250 g/mol. The fourth-order valence-corrected chi connectivity index (χ4v) is 0.654. The van der Waals surface area contributed by atoms with E-state index in [-0.39, 0.29) is 3.38 Å². The molecule has 0 saturated heterocycles. The Balaban J connectivity index is 3.08. The molecule has 0 aliphatic heterocycles. The number of allylic oxidation sites excluding steroid dienone is 2. The molecule has 0 amide bonds. The standard InChI is InChI=1S/C4H5Cl2I/c5-3-1-2-4(6)7/h1-2,4H,3H2/b2-1-. The summed E-state index contributed by atoms with van der Waals surface area (Å²) >= 11 is 12.9. The average Bonchev–Trinajstić information content (AvgIpc) is 1.61. The minimum atomic E-state index is 0.0800. The molecule has 0 aromatic rings. The van der Waals surface area contributed by atoms with Gasteiger partial charge in [0.2, 0.25) is 0 Å². The van der Waals surface area contributed by atoms with Crippen molar-refractivity contribution in [3.8, 4) is 0 Å². The summed E-state index contributed by atoms with van der Waals surface area (Å²) in [6.45, 7) is 0.